The van der Waals surface area contributed by atoms with Crippen LogP contribution in [0.15, 0.2) is 23.1 Å². The van der Waals surface area contributed by atoms with Crippen molar-refractivity contribution in [3.05, 3.63) is 29.6 Å². The van der Waals surface area contributed by atoms with Crippen LogP contribution in [-0.2, 0) is 10.0 Å². The zero-order valence-corrected chi connectivity index (χ0v) is 21.5. The number of aryl methyl sites for hydroxylation is 1. The molecule has 2 aromatic rings. The Labute approximate surface area is 202 Å². The first-order valence-corrected chi connectivity index (χ1v) is 13.3. The van der Waals surface area contributed by atoms with Crippen molar-refractivity contribution in [3.63, 3.8) is 0 Å². The summed E-state index contributed by atoms with van der Waals surface area (Å²) in [5, 5.41) is 6.26. The van der Waals surface area contributed by atoms with Crippen molar-refractivity contribution in [2.75, 3.05) is 37.9 Å². The average Bonchev–Trinajstić information content (AvgIpc) is 2.83. The van der Waals surface area contributed by atoms with E-state index in [1.165, 1.54) is 11.4 Å². The van der Waals surface area contributed by atoms with Crippen LogP contribution in [0.3, 0.4) is 0 Å². The molecule has 3 rings (SSSR count). The Balaban J connectivity index is 1.72. The van der Waals surface area contributed by atoms with Crippen LogP contribution in [0.2, 0.25) is 0 Å². The van der Waals surface area contributed by atoms with Crippen molar-refractivity contribution in [3.8, 4) is 5.75 Å². The van der Waals surface area contributed by atoms with Gasteiger partial charge in [0.05, 0.1) is 13.2 Å². The fraction of sp³-hybridized carbons (Fsp3) is 0.609. The lowest BCUT2D eigenvalue weighted by Crippen LogP contribution is -2.41. The molecule has 0 saturated heterocycles. The Bertz CT molecular complexity index is 1050. The zero-order chi connectivity index (χ0) is 24.9. The highest BCUT2D eigenvalue weighted by Gasteiger charge is 2.35. The molecule has 1 aliphatic carbocycles. The highest BCUT2D eigenvalue weighted by atomic mass is 32.2. The number of aromatic nitrogens is 3. The van der Waals surface area contributed by atoms with Crippen molar-refractivity contribution in [1.29, 1.82) is 0 Å². The lowest BCUT2D eigenvalue weighted by Gasteiger charge is -2.36. The maximum atomic E-state index is 13.4. The molecule has 1 fully saturated rings. The summed E-state index contributed by atoms with van der Waals surface area (Å²) in [5.41, 5.74) is 7.47. The lowest BCUT2D eigenvalue weighted by atomic mass is 9.81. The smallest absolute Gasteiger partial charge is 0.246 e. The van der Waals surface area contributed by atoms with E-state index < -0.39 is 10.0 Å². The number of anilines is 2. The summed E-state index contributed by atoms with van der Waals surface area (Å²) in [6, 6.07) is 4.75. The molecule has 11 heteroatoms. The van der Waals surface area contributed by atoms with E-state index >= 15 is 0 Å². The second kappa shape index (κ2) is 11.3. The standard InChI is InChI=1S/C23H37N7O3S/c1-6-25-22-27-21(28-23(29-22)26-7-2)20(24)16-9-11-17(12-10-16)30(4)34(31,32)19-14-15(3)8-13-18(19)33-5/h8,13-14,16-17,20H,6-7,9-12,24H2,1-5H3,(H2,25,26,27,28,29). The average molecular weight is 492 g/mol. The predicted molar refractivity (Wildman–Crippen MR) is 134 cm³/mol. The van der Waals surface area contributed by atoms with Gasteiger partial charge in [0.2, 0.25) is 21.9 Å². The number of nitrogens with one attached hydrogen (secondary N) is 2. The third-order valence-corrected chi connectivity index (χ3v) is 8.29. The minimum Gasteiger partial charge on any atom is -0.495 e. The van der Waals surface area contributed by atoms with Crippen LogP contribution in [0.5, 0.6) is 5.75 Å². The molecule has 1 aliphatic rings. The minimum absolute atomic E-state index is 0.105. The first-order valence-electron chi connectivity index (χ1n) is 11.8. The molecule has 188 valence electrons. The lowest BCUT2D eigenvalue weighted by molar-refractivity contribution is 0.213. The van der Waals surface area contributed by atoms with Crippen LogP contribution in [0.1, 0.15) is 57.0 Å². The van der Waals surface area contributed by atoms with Crippen molar-refractivity contribution >= 4 is 21.9 Å². The van der Waals surface area contributed by atoms with E-state index in [1.807, 2.05) is 26.8 Å². The Morgan fingerprint density at radius 2 is 1.68 bits per heavy atom. The molecular weight excluding hydrogens is 454 g/mol. The van der Waals surface area contributed by atoms with Gasteiger partial charge in [-0.25, -0.2) is 8.42 Å². The van der Waals surface area contributed by atoms with E-state index in [0.717, 1.165) is 18.4 Å². The molecule has 1 heterocycles. The fourth-order valence-corrected chi connectivity index (χ4v) is 6.04. The normalized spacial score (nSPS) is 19.6. The molecule has 0 amide bonds. The van der Waals surface area contributed by atoms with Crippen LogP contribution in [0.4, 0.5) is 11.9 Å². The van der Waals surface area contributed by atoms with Gasteiger partial charge in [0.25, 0.3) is 0 Å². The Hall–Kier alpha value is -2.50. The highest BCUT2D eigenvalue weighted by molar-refractivity contribution is 7.89. The number of benzene rings is 1. The number of nitrogens with zero attached hydrogens (tertiary/aromatic N) is 4. The summed E-state index contributed by atoms with van der Waals surface area (Å²) in [7, 11) is -0.551. The molecule has 1 atom stereocenters. The molecule has 4 N–H and O–H groups in total. The number of methoxy groups -OCH3 is 1. The Morgan fingerprint density at radius 1 is 1.09 bits per heavy atom. The van der Waals surface area contributed by atoms with Crippen molar-refractivity contribution in [2.45, 2.75) is 63.4 Å². The summed E-state index contributed by atoms with van der Waals surface area (Å²) in [4.78, 5) is 13.6. The van der Waals surface area contributed by atoms with Crippen LogP contribution in [0, 0.1) is 12.8 Å². The summed E-state index contributed by atoms with van der Waals surface area (Å²) >= 11 is 0. The van der Waals surface area contributed by atoms with Crippen molar-refractivity contribution in [1.82, 2.24) is 19.3 Å². The highest BCUT2D eigenvalue weighted by Crippen LogP contribution is 2.36. The van der Waals surface area contributed by atoms with Crippen LogP contribution in [-0.4, -0.2) is 61.0 Å². The van der Waals surface area contributed by atoms with E-state index in [-0.39, 0.29) is 22.9 Å². The van der Waals surface area contributed by atoms with Gasteiger partial charge >= 0.3 is 0 Å². The number of hydrogen-bond donors (Lipinski definition) is 3. The summed E-state index contributed by atoms with van der Waals surface area (Å²) in [5.74, 6) is 2.08. The molecule has 1 saturated carbocycles. The number of rotatable bonds is 10. The second-order valence-electron chi connectivity index (χ2n) is 8.67. The summed E-state index contributed by atoms with van der Waals surface area (Å²) < 4.78 is 33.6. The Kier molecular flexibility index (Phi) is 8.67. The topological polar surface area (TPSA) is 135 Å². The molecule has 0 aliphatic heterocycles. The van der Waals surface area contributed by atoms with Gasteiger partial charge in [0.1, 0.15) is 10.6 Å². The third-order valence-electron chi connectivity index (χ3n) is 6.36. The molecule has 0 bridgehead atoms. The molecule has 10 nitrogen and oxygen atoms in total. The van der Waals surface area contributed by atoms with Gasteiger partial charge in [0.15, 0.2) is 5.82 Å². The Morgan fingerprint density at radius 3 is 2.21 bits per heavy atom. The first kappa shape index (κ1) is 26.1. The third kappa shape index (κ3) is 5.76. The SMILES string of the molecule is CCNc1nc(NCC)nc(C(N)C2CCC(N(C)S(=O)(=O)c3cc(C)ccc3OC)CC2)n1. The molecule has 1 aromatic carbocycles. The quantitative estimate of drug-likeness (QED) is 0.458. The molecule has 1 unspecified atom stereocenters. The predicted octanol–water partition coefficient (Wildman–Crippen LogP) is 2.93. The largest absolute Gasteiger partial charge is 0.495 e. The van der Waals surface area contributed by atoms with Crippen LogP contribution in [0.25, 0.3) is 0 Å². The van der Waals surface area contributed by atoms with Crippen LogP contribution >= 0.6 is 0 Å². The first-order chi connectivity index (χ1) is 16.2. The molecule has 0 radical (unpaired) electrons. The van der Waals surface area contributed by atoms with Gasteiger partial charge in [-0.2, -0.15) is 19.3 Å². The van der Waals surface area contributed by atoms with Crippen molar-refractivity contribution in [2.24, 2.45) is 11.7 Å². The van der Waals surface area contributed by atoms with Gasteiger partial charge in [-0.15, -0.1) is 0 Å². The molecule has 0 spiro atoms. The number of nitrogens with two attached hydrogens (primary N) is 1. The number of ether oxygens (including phenoxy) is 1. The summed E-state index contributed by atoms with van der Waals surface area (Å²) in [6.07, 6.45) is 3.01. The maximum Gasteiger partial charge on any atom is 0.246 e. The van der Waals surface area contributed by atoms with Gasteiger partial charge in [-0.3, -0.25) is 0 Å². The van der Waals surface area contributed by atoms with Crippen LogP contribution < -0.4 is 21.1 Å². The van der Waals surface area contributed by atoms with E-state index in [1.54, 1.807) is 19.2 Å². The molecular formula is C23H37N7O3S. The van der Waals surface area contributed by atoms with Gasteiger partial charge < -0.3 is 21.1 Å². The second-order valence-corrected chi connectivity index (χ2v) is 10.6. The minimum atomic E-state index is -3.69. The zero-order valence-electron chi connectivity index (χ0n) is 20.7. The van der Waals surface area contributed by atoms with Crippen molar-refractivity contribution < 1.29 is 13.2 Å². The van der Waals surface area contributed by atoms with E-state index in [2.05, 4.69) is 25.6 Å². The molecule has 34 heavy (non-hydrogen) atoms. The van der Waals surface area contributed by atoms with Gasteiger partial charge in [-0.05, 0) is 70.1 Å². The number of sulfonamides is 1. The van der Waals surface area contributed by atoms with E-state index in [0.29, 0.717) is 49.4 Å². The molecule has 1 aromatic heterocycles. The summed E-state index contributed by atoms with van der Waals surface area (Å²) in [6.45, 7) is 7.22. The van der Waals surface area contributed by atoms with E-state index in [9.17, 15) is 8.42 Å². The van der Waals surface area contributed by atoms with E-state index in [4.69, 9.17) is 10.5 Å². The maximum absolute atomic E-state index is 13.4. The van der Waals surface area contributed by atoms with Gasteiger partial charge in [-0.1, -0.05) is 6.07 Å². The number of hydrogen-bond acceptors (Lipinski definition) is 9. The monoisotopic (exact) mass is 491 g/mol. The van der Waals surface area contributed by atoms with Gasteiger partial charge in [0, 0.05) is 26.2 Å². The fourth-order valence-electron chi connectivity index (χ4n) is 4.39.